The molecule has 0 radical (unpaired) electrons. The van der Waals surface area contributed by atoms with E-state index in [1.807, 2.05) is 13.8 Å². The third-order valence-corrected chi connectivity index (χ3v) is 4.93. The normalized spacial score (nSPS) is 11.6. The van der Waals surface area contributed by atoms with Gasteiger partial charge in [0.15, 0.2) is 0 Å². The van der Waals surface area contributed by atoms with Crippen molar-refractivity contribution in [2.45, 2.75) is 26.1 Å². The van der Waals surface area contributed by atoms with Crippen LogP contribution >= 0.6 is 11.6 Å². The van der Waals surface area contributed by atoms with E-state index < -0.39 is 12.1 Å². The number of benzene rings is 2. The van der Waals surface area contributed by atoms with Gasteiger partial charge in [0.1, 0.15) is 18.1 Å². The zero-order valence-electron chi connectivity index (χ0n) is 18.8. The highest BCUT2D eigenvalue weighted by molar-refractivity contribution is 6.33. The first-order valence-corrected chi connectivity index (χ1v) is 10.7. The second-order valence-electron chi connectivity index (χ2n) is 7.58. The maximum absolute atomic E-state index is 13.6. The van der Waals surface area contributed by atoms with Crippen molar-refractivity contribution in [2.24, 2.45) is 12.8 Å². The molecule has 1 aromatic heterocycles. The van der Waals surface area contributed by atoms with Crippen LogP contribution in [0.4, 0.5) is 24.5 Å². The number of nitrogens with two attached hydrogens (primary N) is 1. The fourth-order valence-electron chi connectivity index (χ4n) is 3.31. The van der Waals surface area contributed by atoms with Crippen LogP contribution in [0.15, 0.2) is 48.7 Å². The number of carbonyl (C=O) groups is 1. The van der Waals surface area contributed by atoms with E-state index in [0.717, 1.165) is 0 Å². The van der Waals surface area contributed by atoms with E-state index in [-0.39, 0.29) is 35.7 Å². The van der Waals surface area contributed by atoms with E-state index in [0.29, 0.717) is 27.7 Å². The summed E-state index contributed by atoms with van der Waals surface area (Å²) in [4.78, 5) is 13.1. The van der Waals surface area contributed by atoms with Crippen molar-refractivity contribution in [3.05, 3.63) is 53.7 Å². The molecule has 0 aliphatic heterocycles. The van der Waals surface area contributed by atoms with Gasteiger partial charge in [-0.15, -0.1) is 0 Å². The molecule has 3 rings (SSSR count). The molecule has 0 fully saturated rings. The fraction of sp³-hybridized carbons (Fsp3) is 0.304. The number of alkyl halides is 3. The summed E-state index contributed by atoms with van der Waals surface area (Å²) >= 11 is 6.29. The SMILES string of the molecule is CC(C)Oc1ccc(N(C(=O)C(F)(F)F)c2ccc(OCCN)c(-c3c(Cl)cnn3C)c2)cc1. The Morgan fingerprint density at radius 3 is 2.35 bits per heavy atom. The Morgan fingerprint density at radius 2 is 1.82 bits per heavy atom. The van der Waals surface area contributed by atoms with Crippen molar-refractivity contribution < 1.29 is 27.4 Å². The third-order valence-electron chi connectivity index (χ3n) is 4.66. The first-order chi connectivity index (χ1) is 16.0. The van der Waals surface area contributed by atoms with Gasteiger partial charge in [0.25, 0.3) is 0 Å². The van der Waals surface area contributed by atoms with Crippen LogP contribution in [0.5, 0.6) is 11.5 Å². The van der Waals surface area contributed by atoms with Gasteiger partial charge in [0.2, 0.25) is 0 Å². The molecule has 1 amide bonds. The number of nitrogens with zero attached hydrogens (tertiary/aromatic N) is 3. The molecule has 0 unspecified atom stereocenters. The lowest BCUT2D eigenvalue weighted by Crippen LogP contribution is -2.38. The van der Waals surface area contributed by atoms with Crippen LogP contribution in [0.3, 0.4) is 0 Å². The number of aryl methyl sites for hydroxylation is 1. The largest absolute Gasteiger partial charge is 0.492 e. The highest BCUT2D eigenvalue weighted by Gasteiger charge is 2.44. The molecular formula is C23H24ClF3N4O3. The molecule has 0 aliphatic rings. The maximum atomic E-state index is 13.6. The highest BCUT2D eigenvalue weighted by atomic mass is 35.5. The molecule has 0 bridgehead atoms. The molecule has 0 spiro atoms. The zero-order chi connectivity index (χ0) is 25.0. The Bertz CT molecular complexity index is 1130. The van der Waals surface area contributed by atoms with Crippen LogP contribution in [-0.4, -0.2) is 41.1 Å². The second-order valence-corrected chi connectivity index (χ2v) is 7.99. The number of hydrogen-bond donors (Lipinski definition) is 1. The Hall–Kier alpha value is -3.24. The summed E-state index contributed by atoms with van der Waals surface area (Å²) in [5.74, 6) is -1.26. The molecule has 0 aliphatic carbocycles. The Balaban J connectivity index is 2.16. The molecule has 34 heavy (non-hydrogen) atoms. The van der Waals surface area contributed by atoms with Crippen LogP contribution in [0.2, 0.25) is 5.02 Å². The number of halogens is 4. The van der Waals surface area contributed by atoms with Crippen molar-refractivity contribution in [2.75, 3.05) is 18.1 Å². The van der Waals surface area contributed by atoms with Crippen molar-refractivity contribution in [3.8, 4) is 22.8 Å². The number of ether oxygens (including phenoxy) is 2. The standard InChI is InChI=1S/C23H24ClF3N4O3/c1-14(2)34-17-7-4-15(5-8-17)31(22(32)23(25,26)27)16-6-9-20(33-11-10-28)18(12-16)21-19(24)13-29-30(21)3/h4-9,12-14H,10-11,28H2,1-3H3. The van der Waals surface area contributed by atoms with Crippen LogP contribution in [-0.2, 0) is 11.8 Å². The van der Waals surface area contributed by atoms with Crippen LogP contribution in [0.1, 0.15) is 13.8 Å². The molecule has 0 atom stereocenters. The second kappa shape index (κ2) is 10.4. The molecule has 1 heterocycles. The number of anilines is 2. The molecule has 2 N–H and O–H groups in total. The molecular weight excluding hydrogens is 473 g/mol. The lowest BCUT2D eigenvalue weighted by Gasteiger charge is -2.25. The van der Waals surface area contributed by atoms with E-state index >= 15 is 0 Å². The Labute approximate surface area is 199 Å². The summed E-state index contributed by atoms with van der Waals surface area (Å²) in [7, 11) is 1.63. The summed E-state index contributed by atoms with van der Waals surface area (Å²) in [6.45, 7) is 4.05. The van der Waals surface area contributed by atoms with Crippen molar-refractivity contribution in [3.63, 3.8) is 0 Å². The van der Waals surface area contributed by atoms with E-state index in [2.05, 4.69) is 5.10 Å². The van der Waals surface area contributed by atoms with Gasteiger partial charge in [-0.3, -0.25) is 14.4 Å². The summed E-state index contributed by atoms with van der Waals surface area (Å²) < 4.78 is 53.4. The number of hydrogen-bond acceptors (Lipinski definition) is 5. The van der Waals surface area contributed by atoms with Gasteiger partial charge < -0.3 is 15.2 Å². The van der Waals surface area contributed by atoms with Gasteiger partial charge in [-0.25, -0.2) is 0 Å². The van der Waals surface area contributed by atoms with Gasteiger partial charge >= 0.3 is 12.1 Å². The van der Waals surface area contributed by atoms with E-state index in [4.69, 9.17) is 26.8 Å². The quantitative estimate of drug-likeness (QED) is 0.469. The van der Waals surface area contributed by atoms with Gasteiger partial charge in [-0.1, -0.05) is 11.6 Å². The minimum absolute atomic E-state index is 0.0103. The summed E-state index contributed by atoms with van der Waals surface area (Å²) in [6, 6.07) is 10.0. The van der Waals surface area contributed by atoms with Crippen LogP contribution < -0.4 is 20.1 Å². The molecule has 0 saturated carbocycles. The average Bonchev–Trinajstić information content (AvgIpc) is 3.10. The average molecular weight is 497 g/mol. The summed E-state index contributed by atoms with van der Waals surface area (Å²) in [5, 5.41) is 4.35. The summed E-state index contributed by atoms with van der Waals surface area (Å²) in [5.41, 5.74) is 6.28. The molecule has 7 nitrogen and oxygen atoms in total. The molecule has 0 saturated heterocycles. The van der Waals surface area contributed by atoms with Crippen molar-refractivity contribution >= 4 is 28.9 Å². The first kappa shape index (κ1) is 25.4. The number of carbonyl (C=O) groups excluding carboxylic acids is 1. The van der Waals surface area contributed by atoms with Crippen LogP contribution in [0, 0.1) is 0 Å². The topological polar surface area (TPSA) is 82.6 Å². The predicted octanol–water partition coefficient (Wildman–Crippen LogP) is 5.09. The molecule has 182 valence electrons. The smallest absolute Gasteiger partial charge is 0.472 e. The predicted molar refractivity (Wildman–Crippen MR) is 124 cm³/mol. The third kappa shape index (κ3) is 5.63. The van der Waals surface area contributed by atoms with Crippen molar-refractivity contribution in [1.82, 2.24) is 9.78 Å². The minimum atomic E-state index is -5.12. The van der Waals surface area contributed by atoms with Crippen LogP contribution in [0.25, 0.3) is 11.3 Å². The lowest BCUT2D eigenvalue weighted by atomic mass is 10.1. The fourth-order valence-corrected chi connectivity index (χ4v) is 3.57. The number of aromatic nitrogens is 2. The minimum Gasteiger partial charge on any atom is -0.492 e. The monoisotopic (exact) mass is 496 g/mol. The zero-order valence-corrected chi connectivity index (χ0v) is 19.5. The van der Waals surface area contributed by atoms with E-state index in [9.17, 15) is 18.0 Å². The van der Waals surface area contributed by atoms with Gasteiger partial charge in [-0.05, 0) is 56.3 Å². The first-order valence-electron chi connectivity index (χ1n) is 10.4. The maximum Gasteiger partial charge on any atom is 0.472 e. The van der Waals surface area contributed by atoms with Gasteiger partial charge in [-0.2, -0.15) is 18.3 Å². The number of amides is 1. The molecule has 11 heteroatoms. The van der Waals surface area contributed by atoms with Gasteiger partial charge in [0, 0.05) is 24.8 Å². The van der Waals surface area contributed by atoms with E-state index in [1.54, 1.807) is 7.05 Å². The highest BCUT2D eigenvalue weighted by Crippen LogP contribution is 2.40. The van der Waals surface area contributed by atoms with Gasteiger partial charge in [0.05, 0.1) is 28.7 Å². The Morgan fingerprint density at radius 1 is 1.18 bits per heavy atom. The number of rotatable bonds is 8. The van der Waals surface area contributed by atoms with E-state index in [1.165, 1.54) is 53.3 Å². The summed E-state index contributed by atoms with van der Waals surface area (Å²) in [6.07, 6.45) is -3.83. The molecule has 2 aromatic carbocycles. The Kier molecular flexibility index (Phi) is 7.73. The lowest BCUT2D eigenvalue weighted by molar-refractivity contribution is -0.169. The molecule has 3 aromatic rings. The van der Waals surface area contributed by atoms with Crippen molar-refractivity contribution in [1.29, 1.82) is 0 Å².